The van der Waals surface area contributed by atoms with Gasteiger partial charge in [0.2, 0.25) is 0 Å². The van der Waals surface area contributed by atoms with Crippen LogP contribution in [0.5, 0.6) is 0 Å². The molecule has 0 saturated heterocycles. The van der Waals surface area contributed by atoms with E-state index in [9.17, 15) is 0 Å². The maximum absolute atomic E-state index is 2.45. The molecule has 58 heavy (non-hydrogen) atoms. The summed E-state index contributed by atoms with van der Waals surface area (Å²) in [4.78, 5) is 4.82. The van der Waals surface area contributed by atoms with E-state index < -0.39 is 0 Å². The van der Waals surface area contributed by atoms with E-state index in [4.69, 9.17) is 0 Å². The SMILES string of the molecule is Cc1ccccc1N(c1ccc2cc3c(cc2c1)sc1cc2c(cc13)sc1cc3cc(N(c4ccccc4C)c4ccccc4C)ccc3cc12)c1ccccc1C. The fourth-order valence-electron chi connectivity index (χ4n) is 8.86. The molecule has 0 fully saturated rings. The molecule has 0 aliphatic rings. The van der Waals surface area contributed by atoms with Gasteiger partial charge in [-0.15, -0.1) is 22.7 Å². The molecule has 0 amide bonds. The third-order valence-electron chi connectivity index (χ3n) is 11.9. The third-order valence-corrected chi connectivity index (χ3v) is 14.1. The molecule has 11 rings (SSSR count). The van der Waals surface area contributed by atoms with Crippen molar-refractivity contribution in [1.29, 1.82) is 0 Å². The Kier molecular flexibility index (Phi) is 8.14. The number of para-hydroxylation sites is 4. The normalized spacial score (nSPS) is 11.8. The van der Waals surface area contributed by atoms with Crippen LogP contribution in [0.2, 0.25) is 0 Å². The predicted octanol–water partition coefficient (Wildman–Crippen LogP) is 16.9. The second-order valence-corrected chi connectivity index (χ2v) is 17.8. The van der Waals surface area contributed by atoms with Crippen LogP contribution >= 0.6 is 22.7 Å². The zero-order valence-electron chi connectivity index (χ0n) is 32.9. The van der Waals surface area contributed by atoms with Crippen molar-refractivity contribution in [3.63, 3.8) is 0 Å². The van der Waals surface area contributed by atoms with Crippen LogP contribution in [-0.2, 0) is 0 Å². The summed E-state index contributed by atoms with van der Waals surface area (Å²) < 4.78 is 5.32. The van der Waals surface area contributed by atoms with Crippen molar-refractivity contribution < 1.29 is 0 Å². The molecule has 0 aliphatic heterocycles. The quantitative estimate of drug-likeness (QED) is 0.166. The lowest BCUT2D eigenvalue weighted by Gasteiger charge is -2.28. The number of fused-ring (bicyclic) bond motifs is 8. The summed E-state index contributed by atoms with van der Waals surface area (Å²) >= 11 is 3.82. The van der Waals surface area contributed by atoms with E-state index in [1.807, 2.05) is 22.7 Å². The van der Waals surface area contributed by atoms with Gasteiger partial charge in [0.05, 0.1) is 0 Å². The molecule has 0 atom stereocenters. The van der Waals surface area contributed by atoms with Gasteiger partial charge in [-0.3, -0.25) is 0 Å². The van der Waals surface area contributed by atoms with E-state index in [1.54, 1.807) is 0 Å². The van der Waals surface area contributed by atoms with Gasteiger partial charge in [-0.1, -0.05) is 84.9 Å². The van der Waals surface area contributed by atoms with Crippen molar-refractivity contribution in [2.24, 2.45) is 0 Å². The fourth-order valence-corrected chi connectivity index (χ4v) is 11.2. The van der Waals surface area contributed by atoms with Gasteiger partial charge in [0.15, 0.2) is 0 Å². The van der Waals surface area contributed by atoms with Crippen molar-refractivity contribution in [3.8, 4) is 0 Å². The Morgan fingerprint density at radius 1 is 0.293 bits per heavy atom. The van der Waals surface area contributed by atoms with Crippen molar-refractivity contribution >= 4 is 119 Å². The molecule has 2 nitrogen and oxygen atoms in total. The molecule has 0 saturated carbocycles. The summed E-state index contributed by atoms with van der Waals surface area (Å²) in [6.07, 6.45) is 0. The lowest BCUT2D eigenvalue weighted by molar-refractivity contribution is 1.23. The Labute approximate surface area is 346 Å². The molecule has 11 aromatic rings. The highest BCUT2D eigenvalue weighted by Crippen LogP contribution is 2.46. The Morgan fingerprint density at radius 2 is 0.603 bits per heavy atom. The Balaban J connectivity index is 1.02. The van der Waals surface area contributed by atoms with Crippen LogP contribution in [0.15, 0.2) is 170 Å². The van der Waals surface area contributed by atoms with Gasteiger partial charge in [-0.2, -0.15) is 0 Å². The number of rotatable bonds is 6. The Bertz CT molecular complexity index is 3100. The summed E-state index contributed by atoms with van der Waals surface area (Å²) in [5, 5.41) is 10.4. The third kappa shape index (κ3) is 5.67. The molecule has 0 unspecified atom stereocenters. The number of nitrogens with zero attached hydrogens (tertiary/aromatic N) is 2. The Hall–Kier alpha value is -6.46. The minimum Gasteiger partial charge on any atom is -0.310 e. The van der Waals surface area contributed by atoms with Gasteiger partial charge in [-0.25, -0.2) is 0 Å². The lowest BCUT2D eigenvalue weighted by atomic mass is 10.0. The van der Waals surface area contributed by atoms with Crippen molar-refractivity contribution in [1.82, 2.24) is 0 Å². The van der Waals surface area contributed by atoms with E-state index in [0.717, 1.165) is 0 Å². The van der Waals surface area contributed by atoms with Gasteiger partial charge >= 0.3 is 0 Å². The first-order chi connectivity index (χ1) is 28.4. The maximum Gasteiger partial charge on any atom is 0.0490 e. The van der Waals surface area contributed by atoms with E-state index in [0.29, 0.717) is 0 Å². The molecule has 0 radical (unpaired) electrons. The number of aryl methyl sites for hydroxylation is 4. The summed E-state index contributed by atoms with van der Waals surface area (Å²) in [5.74, 6) is 0. The fraction of sp³-hybridized carbons (Fsp3) is 0.0741. The van der Waals surface area contributed by atoms with E-state index in [2.05, 4.69) is 207 Å². The van der Waals surface area contributed by atoms with Gasteiger partial charge in [-0.05, 0) is 156 Å². The zero-order chi connectivity index (χ0) is 39.1. The summed E-state index contributed by atoms with van der Waals surface area (Å²) in [6, 6.07) is 63.1. The molecule has 278 valence electrons. The first-order valence-electron chi connectivity index (χ1n) is 19.9. The van der Waals surface area contributed by atoms with E-state index >= 15 is 0 Å². The van der Waals surface area contributed by atoms with E-state index in [-0.39, 0.29) is 0 Å². The molecule has 9 aromatic carbocycles. The van der Waals surface area contributed by atoms with Crippen LogP contribution in [0.4, 0.5) is 34.1 Å². The maximum atomic E-state index is 2.45. The molecule has 2 aromatic heterocycles. The standard InChI is InChI=1S/C54H40N2S2/c1-33-13-5-9-17-47(33)55(48-18-10-6-14-34(48)2)41-23-21-37-27-43-45-31-54-46(32-53(45)57-51(43)29-39(37)25-41)44-28-38-22-24-42(26-40(38)30-52(44)58-54)56(49-19-11-7-15-35(49)3)50-20-12-8-16-36(50)4/h5-32H,1-4H3. The number of anilines is 6. The number of hydrogen-bond acceptors (Lipinski definition) is 4. The van der Waals surface area contributed by atoms with Gasteiger partial charge in [0, 0.05) is 74.5 Å². The van der Waals surface area contributed by atoms with Crippen LogP contribution in [-0.4, -0.2) is 0 Å². The highest BCUT2D eigenvalue weighted by molar-refractivity contribution is 7.27. The molecule has 0 aliphatic carbocycles. The Morgan fingerprint density at radius 3 is 0.948 bits per heavy atom. The summed E-state index contributed by atoms with van der Waals surface area (Å²) in [7, 11) is 0. The smallest absolute Gasteiger partial charge is 0.0490 e. The van der Waals surface area contributed by atoms with Gasteiger partial charge < -0.3 is 9.80 Å². The molecular formula is C54H40N2S2. The lowest BCUT2D eigenvalue weighted by Crippen LogP contribution is -2.12. The number of hydrogen-bond donors (Lipinski definition) is 0. The van der Waals surface area contributed by atoms with Crippen molar-refractivity contribution in [2.75, 3.05) is 9.80 Å². The first-order valence-corrected chi connectivity index (χ1v) is 21.5. The van der Waals surface area contributed by atoms with Crippen LogP contribution in [0.25, 0.3) is 61.9 Å². The van der Waals surface area contributed by atoms with Gasteiger partial charge in [0.1, 0.15) is 0 Å². The second kappa shape index (κ2) is 13.6. The molecule has 0 spiro atoms. The van der Waals surface area contributed by atoms with Crippen LogP contribution < -0.4 is 9.80 Å². The molecular weight excluding hydrogens is 741 g/mol. The monoisotopic (exact) mass is 780 g/mol. The van der Waals surface area contributed by atoms with Crippen LogP contribution in [0.3, 0.4) is 0 Å². The van der Waals surface area contributed by atoms with Crippen molar-refractivity contribution in [2.45, 2.75) is 27.7 Å². The van der Waals surface area contributed by atoms with Crippen LogP contribution in [0.1, 0.15) is 22.3 Å². The summed E-state index contributed by atoms with van der Waals surface area (Å²) in [5.41, 5.74) is 12.1. The largest absolute Gasteiger partial charge is 0.310 e. The average Bonchev–Trinajstić information content (AvgIpc) is 3.76. The first kappa shape index (κ1) is 34.8. The highest BCUT2D eigenvalue weighted by atomic mass is 32.1. The van der Waals surface area contributed by atoms with E-state index in [1.165, 1.54) is 118 Å². The van der Waals surface area contributed by atoms with Gasteiger partial charge in [0.25, 0.3) is 0 Å². The molecule has 2 heterocycles. The predicted molar refractivity (Wildman–Crippen MR) is 256 cm³/mol. The molecule has 4 heteroatoms. The molecule has 0 N–H and O–H groups in total. The molecule has 0 bridgehead atoms. The minimum absolute atomic E-state index is 1.17. The highest BCUT2D eigenvalue weighted by Gasteiger charge is 2.20. The number of benzene rings is 9. The van der Waals surface area contributed by atoms with Crippen LogP contribution in [0, 0.1) is 27.7 Å². The topological polar surface area (TPSA) is 6.48 Å². The summed E-state index contributed by atoms with van der Waals surface area (Å²) in [6.45, 7) is 8.79. The average molecular weight is 781 g/mol. The zero-order valence-corrected chi connectivity index (χ0v) is 34.5. The second-order valence-electron chi connectivity index (χ2n) is 15.6. The minimum atomic E-state index is 1.17. The van der Waals surface area contributed by atoms with Crippen molar-refractivity contribution in [3.05, 3.63) is 192 Å². The number of thiophene rings is 2.